The second-order valence-corrected chi connectivity index (χ2v) is 5.39. The van der Waals surface area contributed by atoms with E-state index in [4.69, 9.17) is 0 Å². The zero-order chi connectivity index (χ0) is 10.4. The van der Waals surface area contributed by atoms with Crippen LogP contribution in [0.1, 0.15) is 40.5 Å². The van der Waals surface area contributed by atoms with Gasteiger partial charge in [0.25, 0.3) is 0 Å². The lowest BCUT2D eigenvalue weighted by molar-refractivity contribution is 0.256. The molecule has 0 N–H and O–H groups in total. The van der Waals surface area contributed by atoms with Crippen molar-refractivity contribution in [3.8, 4) is 0 Å². The van der Waals surface area contributed by atoms with Crippen LogP contribution in [-0.2, 0) is 0 Å². The first-order chi connectivity index (χ1) is 5.91. The molecule has 0 aromatic carbocycles. The van der Waals surface area contributed by atoms with E-state index >= 15 is 0 Å². The highest BCUT2D eigenvalue weighted by molar-refractivity contribution is 4.66. The molecule has 0 radical (unpaired) electrons. The van der Waals surface area contributed by atoms with Crippen LogP contribution in [0.5, 0.6) is 0 Å². The van der Waals surface area contributed by atoms with Crippen molar-refractivity contribution in [2.24, 2.45) is 17.8 Å². The SMILES string of the molecule is CC(C)CC(CC(C)C)CN(C)C. The fourth-order valence-corrected chi connectivity index (χ4v) is 2.10. The number of hydrogen-bond acceptors (Lipinski definition) is 1. The minimum Gasteiger partial charge on any atom is -0.309 e. The fourth-order valence-electron chi connectivity index (χ4n) is 2.10. The van der Waals surface area contributed by atoms with Crippen LogP contribution in [0.3, 0.4) is 0 Å². The number of nitrogens with zero attached hydrogens (tertiary/aromatic N) is 1. The molecule has 0 bridgehead atoms. The Labute approximate surface area is 84.5 Å². The van der Waals surface area contributed by atoms with Crippen LogP contribution >= 0.6 is 0 Å². The Morgan fingerprint density at radius 1 is 0.846 bits per heavy atom. The van der Waals surface area contributed by atoms with Crippen LogP contribution < -0.4 is 0 Å². The molecule has 0 saturated heterocycles. The summed E-state index contributed by atoms with van der Waals surface area (Å²) in [5, 5.41) is 0. The van der Waals surface area contributed by atoms with Gasteiger partial charge in [0.1, 0.15) is 0 Å². The van der Waals surface area contributed by atoms with Gasteiger partial charge < -0.3 is 4.90 Å². The van der Waals surface area contributed by atoms with Crippen molar-refractivity contribution in [1.82, 2.24) is 4.90 Å². The predicted octanol–water partition coefficient (Wildman–Crippen LogP) is 3.26. The summed E-state index contributed by atoms with van der Waals surface area (Å²) >= 11 is 0. The number of rotatable bonds is 6. The molecule has 0 aromatic rings. The van der Waals surface area contributed by atoms with E-state index in [9.17, 15) is 0 Å². The van der Waals surface area contributed by atoms with Crippen LogP contribution in [0.2, 0.25) is 0 Å². The molecule has 0 spiro atoms. The van der Waals surface area contributed by atoms with E-state index in [0.717, 1.165) is 17.8 Å². The highest BCUT2D eigenvalue weighted by atomic mass is 15.1. The molecule has 80 valence electrons. The third-order valence-corrected chi connectivity index (χ3v) is 2.23. The lowest BCUT2D eigenvalue weighted by atomic mass is 9.89. The van der Waals surface area contributed by atoms with Crippen LogP contribution in [0, 0.1) is 17.8 Å². The van der Waals surface area contributed by atoms with Crippen molar-refractivity contribution in [3.63, 3.8) is 0 Å². The Hall–Kier alpha value is -0.0400. The molecule has 0 aromatic heterocycles. The van der Waals surface area contributed by atoms with Crippen molar-refractivity contribution in [3.05, 3.63) is 0 Å². The Balaban J connectivity index is 3.87. The third kappa shape index (κ3) is 8.29. The summed E-state index contributed by atoms with van der Waals surface area (Å²) in [5.41, 5.74) is 0. The van der Waals surface area contributed by atoms with E-state index in [1.54, 1.807) is 0 Å². The van der Waals surface area contributed by atoms with E-state index in [0.29, 0.717) is 0 Å². The fraction of sp³-hybridized carbons (Fsp3) is 1.00. The molecule has 1 nitrogen and oxygen atoms in total. The van der Waals surface area contributed by atoms with Gasteiger partial charge in [-0.1, -0.05) is 27.7 Å². The monoisotopic (exact) mass is 185 g/mol. The smallest absolute Gasteiger partial charge is 0.000375 e. The van der Waals surface area contributed by atoms with Crippen molar-refractivity contribution in [2.45, 2.75) is 40.5 Å². The van der Waals surface area contributed by atoms with Gasteiger partial charge >= 0.3 is 0 Å². The van der Waals surface area contributed by atoms with Crippen molar-refractivity contribution < 1.29 is 0 Å². The molecule has 0 heterocycles. The topological polar surface area (TPSA) is 3.24 Å². The molecule has 0 saturated carbocycles. The van der Waals surface area contributed by atoms with Gasteiger partial charge in [0.05, 0.1) is 0 Å². The van der Waals surface area contributed by atoms with Crippen LogP contribution in [-0.4, -0.2) is 25.5 Å². The maximum atomic E-state index is 2.32. The lowest BCUT2D eigenvalue weighted by Crippen LogP contribution is -2.24. The molecule has 0 amide bonds. The minimum atomic E-state index is 0.837. The average molecular weight is 185 g/mol. The zero-order valence-electron chi connectivity index (χ0n) is 10.3. The van der Waals surface area contributed by atoms with E-state index < -0.39 is 0 Å². The van der Waals surface area contributed by atoms with Gasteiger partial charge in [0.15, 0.2) is 0 Å². The highest BCUT2D eigenvalue weighted by Crippen LogP contribution is 2.20. The Kier molecular flexibility index (Phi) is 6.40. The number of hydrogen-bond donors (Lipinski definition) is 0. The van der Waals surface area contributed by atoms with Gasteiger partial charge in [-0.2, -0.15) is 0 Å². The maximum absolute atomic E-state index is 2.32. The van der Waals surface area contributed by atoms with Crippen LogP contribution in [0.15, 0.2) is 0 Å². The quantitative estimate of drug-likeness (QED) is 0.614. The molecule has 0 aliphatic carbocycles. The summed E-state index contributed by atoms with van der Waals surface area (Å²) in [6.07, 6.45) is 2.74. The average Bonchev–Trinajstić information content (AvgIpc) is 1.80. The first kappa shape index (κ1) is 13.0. The summed E-state index contributed by atoms with van der Waals surface area (Å²) in [5.74, 6) is 2.56. The summed E-state index contributed by atoms with van der Waals surface area (Å²) in [6, 6.07) is 0. The van der Waals surface area contributed by atoms with Gasteiger partial charge in [0.2, 0.25) is 0 Å². The molecule has 0 unspecified atom stereocenters. The molecular formula is C12H27N. The van der Waals surface area contributed by atoms with Crippen LogP contribution in [0.4, 0.5) is 0 Å². The predicted molar refractivity (Wildman–Crippen MR) is 61.0 cm³/mol. The molecule has 0 fully saturated rings. The second kappa shape index (κ2) is 6.42. The van der Waals surface area contributed by atoms with Gasteiger partial charge in [0, 0.05) is 6.54 Å². The second-order valence-electron chi connectivity index (χ2n) is 5.39. The van der Waals surface area contributed by atoms with Gasteiger partial charge in [-0.05, 0) is 44.7 Å². The normalized spacial score (nSPS) is 12.5. The maximum Gasteiger partial charge on any atom is 0.000375 e. The molecular weight excluding hydrogens is 158 g/mol. The van der Waals surface area contributed by atoms with Gasteiger partial charge in [-0.15, -0.1) is 0 Å². The molecule has 1 heteroatoms. The molecule has 0 atom stereocenters. The molecule has 0 aliphatic heterocycles. The van der Waals surface area contributed by atoms with E-state index in [-0.39, 0.29) is 0 Å². The third-order valence-electron chi connectivity index (χ3n) is 2.23. The first-order valence-corrected chi connectivity index (χ1v) is 5.56. The molecule has 0 rings (SSSR count). The zero-order valence-corrected chi connectivity index (χ0v) is 10.3. The Morgan fingerprint density at radius 3 is 1.46 bits per heavy atom. The first-order valence-electron chi connectivity index (χ1n) is 5.56. The van der Waals surface area contributed by atoms with E-state index in [1.165, 1.54) is 19.4 Å². The standard InChI is InChI=1S/C12H27N/c1-10(2)7-12(8-11(3)4)9-13(5)6/h10-12H,7-9H2,1-6H3. The van der Waals surface area contributed by atoms with E-state index in [2.05, 4.69) is 46.7 Å². The highest BCUT2D eigenvalue weighted by Gasteiger charge is 2.13. The summed E-state index contributed by atoms with van der Waals surface area (Å²) < 4.78 is 0. The van der Waals surface area contributed by atoms with Crippen molar-refractivity contribution in [2.75, 3.05) is 20.6 Å². The lowest BCUT2D eigenvalue weighted by Gasteiger charge is -2.24. The Morgan fingerprint density at radius 2 is 1.23 bits per heavy atom. The summed E-state index contributed by atoms with van der Waals surface area (Å²) in [4.78, 5) is 2.31. The molecule has 0 aliphatic rings. The van der Waals surface area contributed by atoms with Crippen molar-refractivity contribution >= 4 is 0 Å². The van der Waals surface area contributed by atoms with Crippen molar-refractivity contribution in [1.29, 1.82) is 0 Å². The minimum absolute atomic E-state index is 0.837. The largest absolute Gasteiger partial charge is 0.309 e. The Bertz CT molecular complexity index is 92.5. The molecule has 13 heavy (non-hydrogen) atoms. The summed E-state index contributed by atoms with van der Waals surface area (Å²) in [7, 11) is 4.35. The van der Waals surface area contributed by atoms with Crippen LogP contribution in [0.25, 0.3) is 0 Å². The van der Waals surface area contributed by atoms with E-state index in [1.807, 2.05) is 0 Å². The van der Waals surface area contributed by atoms with Gasteiger partial charge in [-0.3, -0.25) is 0 Å². The summed E-state index contributed by atoms with van der Waals surface area (Å²) in [6.45, 7) is 10.5. The van der Waals surface area contributed by atoms with Gasteiger partial charge in [-0.25, -0.2) is 0 Å².